The van der Waals surface area contributed by atoms with E-state index in [4.69, 9.17) is 10.5 Å². The second kappa shape index (κ2) is 11.9. The highest BCUT2D eigenvalue weighted by Crippen LogP contribution is 2.25. The molecule has 13 heteroatoms. The quantitative estimate of drug-likeness (QED) is 0.252. The molecule has 37 heavy (non-hydrogen) atoms. The van der Waals surface area contributed by atoms with Gasteiger partial charge in [-0.15, -0.1) is 0 Å². The average molecular weight is 579 g/mol. The molecule has 2 aromatic carbocycles. The molecule has 0 fully saturated rings. The summed E-state index contributed by atoms with van der Waals surface area (Å²) >= 11 is 0. The number of hydrogen-bond donors (Lipinski definition) is 2. The van der Waals surface area contributed by atoms with Crippen LogP contribution in [-0.2, 0) is 62.0 Å². The molecule has 0 spiro atoms. The SMILES string of the molecule is CC(C)(OO)c1ccc(CS(=O)(=O)CCS(=O)(=O)CCS(=O)(=O)Cc2ccc(C(C)(C)OO)cc2)cc1. The molecular weight excluding hydrogens is 544 g/mol. The van der Waals surface area contributed by atoms with Crippen molar-refractivity contribution in [2.24, 2.45) is 0 Å². The van der Waals surface area contributed by atoms with E-state index in [0.717, 1.165) is 0 Å². The third-order valence-electron chi connectivity index (χ3n) is 5.94. The summed E-state index contributed by atoms with van der Waals surface area (Å²) in [4.78, 5) is 8.80. The van der Waals surface area contributed by atoms with Crippen LogP contribution in [0.5, 0.6) is 0 Å². The van der Waals surface area contributed by atoms with E-state index in [-0.39, 0.29) is 11.5 Å². The predicted molar refractivity (Wildman–Crippen MR) is 140 cm³/mol. The van der Waals surface area contributed by atoms with Crippen molar-refractivity contribution in [3.8, 4) is 0 Å². The highest BCUT2D eigenvalue weighted by atomic mass is 32.2. The Morgan fingerprint density at radius 2 is 0.811 bits per heavy atom. The molecule has 0 unspecified atom stereocenters. The average Bonchev–Trinajstić information content (AvgIpc) is 2.82. The molecular formula is C24H34O10S3. The van der Waals surface area contributed by atoms with Crippen LogP contribution in [-0.4, -0.2) is 58.8 Å². The number of benzene rings is 2. The largest absolute Gasteiger partial charge is 0.251 e. The van der Waals surface area contributed by atoms with Crippen molar-refractivity contribution in [3.05, 3.63) is 70.8 Å². The number of hydrogen-bond acceptors (Lipinski definition) is 10. The third-order valence-corrected chi connectivity index (χ3v) is 11.3. The Morgan fingerprint density at radius 3 is 1.08 bits per heavy atom. The Hall–Kier alpha value is -1.87. The zero-order valence-electron chi connectivity index (χ0n) is 21.2. The molecule has 0 aliphatic heterocycles. The molecule has 0 heterocycles. The maximum Gasteiger partial charge on any atom is 0.155 e. The Balaban J connectivity index is 1.93. The molecule has 0 saturated heterocycles. The Labute approximate surface area is 218 Å². The van der Waals surface area contributed by atoms with Crippen LogP contribution in [0.3, 0.4) is 0 Å². The molecule has 0 amide bonds. The molecule has 0 radical (unpaired) electrons. The fraction of sp³-hybridized carbons (Fsp3) is 0.500. The lowest BCUT2D eigenvalue weighted by molar-refractivity contribution is -0.318. The van der Waals surface area contributed by atoms with Crippen LogP contribution in [0.4, 0.5) is 0 Å². The van der Waals surface area contributed by atoms with Crippen LogP contribution in [0, 0.1) is 0 Å². The van der Waals surface area contributed by atoms with Gasteiger partial charge in [-0.3, -0.25) is 10.5 Å². The highest BCUT2D eigenvalue weighted by Gasteiger charge is 2.25. The fourth-order valence-electron chi connectivity index (χ4n) is 3.37. The summed E-state index contributed by atoms with van der Waals surface area (Å²) < 4.78 is 74.7. The van der Waals surface area contributed by atoms with Crippen molar-refractivity contribution in [1.82, 2.24) is 0 Å². The molecule has 208 valence electrons. The van der Waals surface area contributed by atoms with E-state index in [9.17, 15) is 25.3 Å². The lowest BCUT2D eigenvalue weighted by Gasteiger charge is -2.21. The molecule has 2 aromatic rings. The van der Waals surface area contributed by atoms with Crippen LogP contribution in [0.1, 0.15) is 49.9 Å². The van der Waals surface area contributed by atoms with Gasteiger partial charge in [0.1, 0.15) is 11.2 Å². The first-order chi connectivity index (χ1) is 16.9. The van der Waals surface area contributed by atoms with Gasteiger partial charge in [0.05, 0.1) is 34.5 Å². The third kappa shape index (κ3) is 9.74. The maximum atomic E-state index is 12.5. The Kier molecular flexibility index (Phi) is 10.1. The molecule has 0 bridgehead atoms. The predicted octanol–water partition coefficient (Wildman–Crippen LogP) is 3.08. The smallest absolute Gasteiger partial charge is 0.155 e. The highest BCUT2D eigenvalue weighted by molar-refractivity contribution is 7.96. The minimum atomic E-state index is -3.94. The van der Waals surface area contributed by atoms with Gasteiger partial charge in [-0.25, -0.2) is 35.0 Å². The van der Waals surface area contributed by atoms with E-state index in [0.29, 0.717) is 22.3 Å². The standard InChI is InChI=1S/C24H34O10S3/c1-23(2,33-25)21-9-5-19(6-10-21)17-36(29,30)15-13-35(27,28)14-16-37(31,32)18-20-7-11-22(12-8-20)24(3,4)34-26/h5-12,25-26H,13-18H2,1-4H3. The molecule has 0 atom stereocenters. The minimum Gasteiger partial charge on any atom is -0.251 e. The minimum absolute atomic E-state index is 0.379. The van der Waals surface area contributed by atoms with Crippen LogP contribution in [0.25, 0.3) is 0 Å². The number of sulfone groups is 3. The van der Waals surface area contributed by atoms with Gasteiger partial charge in [-0.1, -0.05) is 48.5 Å². The Bertz CT molecular complexity index is 1260. The van der Waals surface area contributed by atoms with E-state index >= 15 is 0 Å². The van der Waals surface area contributed by atoms with Crippen LogP contribution < -0.4 is 0 Å². The van der Waals surface area contributed by atoms with Crippen molar-refractivity contribution in [3.63, 3.8) is 0 Å². The normalized spacial score (nSPS) is 13.6. The van der Waals surface area contributed by atoms with E-state index in [1.54, 1.807) is 76.2 Å². The Morgan fingerprint density at radius 1 is 0.541 bits per heavy atom. The van der Waals surface area contributed by atoms with Crippen molar-refractivity contribution >= 4 is 29.5 Å². The van der Waals surface area contributed by atoms with Crippen molar-refractivity contribution < 1.29 is 45.5 Å². The van der Waals surface area contributed by atoms with Crippen molar-refractivity contribution in [2.75, 3.05) is 23.0 Å². The summed E-state index contributed by atoms with van der Waals surface area (Å²) in [5.41, 5.74) is 0.190. The van der Waals surface area contributed by atoms with Gasteiger partial charge in [0.2, 0.25) is 0 Å². The monoisotopic (exact) mass is 578 g/mol. The molecule has 0 aliphatic carbocycles. The second-order valence-electron chi connectivity index (χ2n) is 9.93. The van der Waals surface area contributed by atoms with Gasteiger partial charge in [0.25, 0.3) is 0 Å². The second-order valence-corrected chi connectivity index (χ2v) is 16.6. The zero-order valence-corrected chi connectivity index (χ0v) is 23.7. The lowest BCUT2D eigenvalue weighted by atomic mass is 9.97. The van der Waals surface area contributed by atoms with Gasteiger partial charge in [-0.05, 0) is 49.9 Å². The summed E-state index contributed by atoms with van der Waals surface area (Å²) in [6.45, 7) is 6.53. The maximum absolute atomic E-state index is 12.5. The first-order valence-electron chi connectivity index (χ1n) is 11.4. The first-order valence-corrected chi connectivity index (χ1v) is 16.8. The van der Waals surface area contributed by atoms with E-state index in [1.165, 1.54) is 0 Å². The summed E-state index contributed by atoms with van der Waals surface area (Å²) in [5.74, 6) is -3.39. The zero-order chi connectivity index (χ0) is 28.1. The summed E-state index contributed by atoms with van der Waals surface area (Å²) in [5, 5.41) is 17.9. The summed E-state index contributed by atoms with van der Waals surface area (Å²) in [6.07, 6.45) is 0. The molecule has 0 saturated carbocycles. The molecule has 2 N–H and O–H groups in total. The first kappa shape index (κ1) is 31.3. The van der Waals surface area contributed by atoms with Gasteiger partial charge in [0, 0.05) is 0 Å². The van der Waals surface area contributed by atoms with E-state index < -0.39 is 63.7 Å². The van der Waals surface area contributed by atoms with Gasteiger partial charge < -0.3 is 0 Å². The fourth-order valence-corrected chi connectivity index (χ4v) is 9.33. The van der Waals surface area contributed by atoms with Crippen LogP contribution >= 0.6 is 0 Å². The molecule has 10 nitrogen and oxygen atoms in total. The molecule has 2 rings (SSSR count). The lowest BCUT2D eigenvalue weighted by Crippen LogP contribution is -2.25. The van der Waals surface area contributed by atoms with Gasteiger partial charge in [-0.2, -0.15) is 0 Å². The van der Waals surface area contributed by atoms with Crippen molar-refractivity contribution in [1.29, 1.82) is 0 Å². The van der Waals surface area contributed by atoms with Crippen molar-refractivity contribution in [2.45, 2.75) is 50.4 Å². The van der Waals surface area contributed by atoms with Gasteiger partial charge >= 0.3 is 0 Å². The van der Waals surface area contributed by atoms with Gasteiger partial charge in [0.15, 0.2) is 29.5 Å². The summed E-state index contributed by atoms with van der Waals surface area (Å²) in [7, 11) is -11.5. The molecule has 0 aromatic heterocycles. The molecule has 0 aliphatic rings. The van der Waals surface area contributed by atoms with E-state index in [1.807, 2.05) is 0 Å². The van der Waals surface area contributed by atoms with Crippen LogP contribution in [0.2, 0.25) is 0 Å². The topological polar surface area (TPSA) is 161 Å². The van der Waals surface area contributed by atoms with E-state index in [2.05, 4.69) is 9.78 Å². The summed E-state index contributed by atoms with van der Waals surface area (Å²) in [6, 6.07) is 12.7. The number of rotatable bonds is 14. The van der Waals surface area contributed by atoms with Crippen LogP contribution in [0.15, 0.2) is 48.5 Å².